The molecule has 0 radical (unpaired) electrons. The van der Waals surface area contributed by atoms with E-state index in [1.165, 1.54) is 27.1 Å². The molecule has 0 spiro atoms. The van der Waals surface area contributed by atoms with Crippen molar-refractivity contribution in [3.05, 3.63) is 176 Å². The van der Waals surface area contributed by atoms with E-state index in [2.05, 4.69) is 186 Å². The molecule has 9 aromatic carbocycles. The fourth-order valence-electron chi connectivity index (χ4n) is 8.84. The first-order chi connectivity index (χ1) is 27.7. The van der Waals surface area contributed by atoms with Crippen molar-refractivity contribution >= 4 is 75.9 Å². The van der Waals surface area contributed by atoms with Crippen LogP contribution in [0.2, 0.25) is 0 Å². The van der Waals surface area contributed by atoms with Gasteiger partial charge in [-0.25, -0.2) is 15.0 Å². The quantitative estimate of drug-likeness (QED) is 0.178. The number of rotatable bonds is 4. The van der Waals surface area contributed by atoms with Gasteiger partial charge in [0.15, 0.2) is 17.5 Å². The first-order valence-corrected chi connectivity index (χ1v) is 18.9. The van der Waals surface area contributed by atoms with Crippen LogP contribution in [-0.4, -0.2) is 24.9 Å². The van der Waals surface area contributed by atoms with Crippen molar-refractivity contribution in [1.82, 2.24) is 24.9 Å². The molecule has 0 aliphatic carbocycles. The Morgan fingerprint density at radius 3 is 1.57 bits per heavy atom. The van der Waals surface area contributed by atoms with Gasteiger partial charge in [0.2, 0.25) is 0 Å². The van der Waals surface area contributed by atoms with E-state index in [-0.39, 0.29) is 0 Å². The van der Waals surface area contributed by atoms with Crippen LogP contribution in [0.3, 0.4) is 0 Å². The van der Waals surface area contributed by atoms with E-state index in [1.807, 2.05) is 0 Å². The smallest absolute Gasteiger partial charge is 0.164 e. The second-order valence-corrected chi connectivity index (χ2v) is 14.5. The predicted molar refractivity (Wildman–Crippen MR) is 233 cm³/mol. The Morgan fingerprint density at radius 1 is 0.286 bits per heavy atom. The number of benzene rings is 9. The zero-order valence-corrected chi connectivity index (χ0v) is 30.1. The molecule has 0 aliphatic heterocycles. The maximum absolute atomic E-state index is 5.42. The van der Waals surface area contributed by atoms with Gasteiger partial charge in [0.05, 0.1) is 0 Å². The van der Waals surface area contributed by atoms with Crippen LogP contribution in [-0.2, 0) is 0 Å². The van der Waals surface area contributed by atoms with Crippen molar-refractivity contribution in [1.29, 1.82) is 0 Å². The van der Waals surface area contributed by atoms with Crippen LogP contribution in [0.4, 0.5) is 0 Å². The summed E-state index contributed by atoms with van der Waals surface area (Å²) in [6.07, 6.45) is 0. The summed E-state index contributed by atoms with van der Waals surface area (Å²) in [5, 5.41) is 11.5. The molecule has 0 unspecified atom stereocenters. The summed E-state index contributed by atoms with van der Waals surface area (Å²) in [6.45, 7) is 0. The topological polar surface area (TPSA) is 70.2 Å². The first-order valence-electron chi connectivity index (χ1n) is 18.9. The molecule has 56 heavy (non-hydrogen) atoms. The lowest BCUT2D eigenvalue weighted by Gasteiger charge is -2.14. The maximum Gasteiger partial charge on any atom is 0.164 e. The number of hydrogen-bond donors (Lipinski definition) is 2. The molecule has 260 valence electrons. The number of aromatic amines is 2. The second-order valence-electron chi connectivity index (χ2n) is 14.5. The van der Waals surface area contributed by atoms with Crippen LogP contribution >= 0.6 is 0 Å². The average Bonchev–Trinajstić information content (AvgIpc) is 3.84. The second kappa shape index (κ2) is 11.9. The number of H-pyrrole nitrogens is 2. The standard InChI is InChI=1S/C51H31N5/c1-2-11-30(12-3-1)33-25-28-43-41(29-33)48-40(19-10-22-45(48)53-43)51-55-49(54-50(56-51)39-18-9-21-44-47(39)37-16-6-7-20-42(37)52-44)38-17-8-14-32-24-26-35-34-15-5-4-13-31(34)23-27-36(35)46(32)38/h1-29,52-53H. The normalized spacial score (nSPS) is 11.9. The Kier molecular flexibility index (Phi) is 6.56. The van der Waals surface area contributed by atoms with Crippen molar-refractivity contribution in [2.24, 2.45) is 0 Å². The summed E-state index contributed by atoms with van der Waals surface area (Å²) in [4.78, 5) is 23.5. The molecule has 12 rings (SSSR count). The van der Waals surface area contributed by atoms with Crippen LogP contribution in [0.15, 0.2) is 176 Å². The molecule has 0 bridgehead atoms. The molecule has 5 nitrogen and oxygen atoms in total. The molecule has 0 aliphatic rings. The molecule has 5 heteroatoms. The fraction of sp³-hybridized carbons (Fsp3) is 0. The molecule has 0 saturated carbocycles. The molecule has 3 heterocycles. The van der Waals surface area contributed by atoms with E-state index in [9.17, 15) is 0 Å². The van der Waals surface area contributed by atoms with Crippen LogP contribution in [0.1, 0.15) is 0 Å². The lowest BCUT2D eigenvalue weighted by molar-refractivity contribution is 1.08. The number of hydrogen-bond acceptors (Lipinski definition) is 3. The van der Waals surface area contributed by atoms with Crippen molar-refractivity contribution in [2.75, 3.05) is 0 Å². The van der Waals surface area contributed by atoms with Gasteiger partial charge >= 0.3 is 0 Å². The van der Waals surface area contributed by atoms with Gasteiger partial charge < -0.3 is 9.97 Å². The number of nitrogens with zero attached hydrogens (tertiary/aromatic N) is 3. The van der Waals surface area contributed by atoms with Crippen LogP contribution in [0.5, 0.6) is 0 Å². The van der Waals surface area contributed by atoms with Crippen molar-refractivity contribution < 1.29 is 0 Å². The molecule has 0 amide bonds. The summed E-state index contributed by atoms with van der Waals surface area (Å²) in [7, 11) is 0. The summed E-state index contributed by atoms with van der Waals surface area (Å²) < 4.78 is 0. The summed E-state index contributed by atoms with van der Waals surface area (Å²) in [5.41, 5.74) is 9.44. The van der Waals surface area contributed by atoms with Crippen molar-refractivity contribution in [3.8, 4) is 45.3 Å². The molecule has 0 saturated heterocycles. The lowest BCUT2D eigenvalue weighted by atomic mass is 9.94. The number of para-hydroxylation sites is 1. The van der Waals surface area contributed by atoms with E-state index in [4.69, 9.17) is 15.0 Å². The average molecular weight is 714 g/mol. The Balaban J connectivity index is 1.17. The van der Waals surface area contributed by atoms with Crippen LogP contribution in [0, 0.1) is 0 Å². The first kappa shape index (κ1) is 30.8. The molecular formula is C51H31N5. The van der Waals surface area contributed by atoms with Crippen LogP contribution < -0.4 is 0 Å². The monoisotopic (exact) mass is 713 g/mol. The third-order valence-corrected chi connectivity index (χ3v) is 11.4. The predicted octanol–water partition coefficient (Wildman–Crippen LogP) is 13.3. The molecule has 12 aromatic rings. The third-order valence-electron chi connectivity index (χ3n) is 11.4. The van der Waals surface area contributed by atoms with Gasteiger partial charge in [0.1, 0.15) is 0 Å². The highest BCUT2D eigenvalue weighted by atomic mass is 15.0. The molecule has 0 fully saturated rings. The minimum atomic E-state index is 0.626. The fourth-order valence-corrected chi connectivity index (χ4v) is 8.84. The van der Waals surface area contributed by atoms with Crippen molar-refractivity contribution in [3.63, 3.8) is 0 Å². The molecular weight excluding hydrogens is 683 g/mol. The van der Waals surface area contributed by atoms with Gasteiger partial charge in [-0.1, -0.05) is 146 Å². The van der Waals surface area contributed by atoms with Crippen LogP contribution in [0.25, 0.3) is 121 Å². The Labute approximate surface area is 321 Å². The van der Waals surface area contributed by atoms with E-state index >= 15 is 0 Å². The maximum atomic E-state index is 5.42. The minimum absolute atomic E-state index is 0.626. The Hall–Kier alpha value is -7.63. The summed E-state index contributed by atoms with van der Waals surface area (Å²) >= 11 is 0. The Morgan fingerprint density at radius 2 is 0.821 bits per heavy atom. The van der Waals surface area contributed by atoms with Gasteiger partial charge in [-0.05, 0) is 68.4 Å². The van der Waals surface area contributed by atoms with E-state index in [0.717, 1.165) is 76.6 Å². The highest BCUT2D eigenvalue weighted by Crippen LogP contribution is 2.41. The minimum Gasteiger partial charge on any atom is -0.354 e. The number of nitrogens with one attached hydrogen (secondary N) is 2. The molecule has 0 atom stereocenters. The largest absolute Gasteiger partial charge is 0.354 e. The Bertz CT molecular complexity index is 3540. The highest BCUT2D eigenvalue weighted by Gasteiger charge is 2.21. The molecule has 3 aromatic heterocycles. The van der Waals surface area contributed by atoms with Gasteiger partial charge in [0.25, 0.3) is 0 Å². The summed E-state index contributed by atoms with van der Waals surface area (Å²) in [5.74, 6) is 1.89. The van der Waals surface area contributed by atoms with E-state index in [1.54, 1.807) is 0 Å². The SMILES string of the molecule is c1ccc(-c2ccc3[nH]c4cccc(-c5nc(-c6cccc7ccc8c9ccccc9ccc8c67)nc(-c6cccc7[nH]c8ccccc8c67)n5)c4c3c2)cc1. The molecule has 2 N–H and O–H groups in total. The number of aromatic nitrogens is 5. The third kappa shape index (κ3) is 4.64. The summed E-state index contributed by atoms with van der Waals surface area (Å²) in [6, 6.07) is 62.3. The van der Waals surface area contributed by atoms with Gasteiger partial charge in [-0.2, -0.15) is 0 Å². The van der Waals surface area contributed by atoms with Gasteiger partial charge in [0, 0.05) is 65.7 Å². The lowest BCUT2D eigenvalue weighted by Crippen LogP contribution is -2.01. The highest BCUT2D eigenvalue weighted by molar-refractivity contribution is 6.21. The van der Waals surface area contributed by atoms with Gasteiger partial charge in [-0.3, -0.25) is 0 Å². The zero-order chi connectivity index (χ0) is 36.7. The van der Waals surface area contributed by atoms with Crippen molar-refractivity contribution in [2.45, 2.75) is 0 Å². The van der Waals surface area contributed by atoms with Gasteiger partial charge in [-0.15, -0.1) is 0 Å². The number of fused-ring (bicyclic) bond motifs is 11. The van der Waals surface area contributed by atoms with E-state index in [0.29, 0.717) is 17.5 Å². The van der Waals surface area contributed by atoms with E-state index < -0.39 is 0 Å². The zero-order valence-electron chi connectivity index (χ0n) is 30.1.